The molecular weight excluding hydrogens is 390 g/mol. The second-order valence-electron chi connectivity index (χ2n) is 8.37. The Morgan fingerprint density at radius 2 is 1.81 bits per heavy atom. The zero-order valence-electron chi connectivity index (χ0n) is 17.5. The third-order valence-electron chi connectivity index (χ3n) is 6.46. The maximum Gasteiger partial charge on any atom is 0.228 e. The van der Waals surface area contributed by atoms with E-state index in [0.29, 0.717) is 11.9 Å². The van der Waals surface area contributed by atoms with Gasteiger partial charge in [0.25, 0.3) is 0 Å². The number of aromatic nitrogens is 3. The molecule has 3 heterocycles. The van der Waals surface area contributed by atoms with E-state index in [1.165, 1.54) is 0 Å². The lowest BCUT2D eigenvalue weighted by atomic mass is 9.84. The monoisotopic (exact) mass is 417 g/mol. The van der Waals surface area contributed by atoms with Gasteiger partial charge < -0.3 is 10.1 Å². The number of pyridine rings is 1. The van der Waals surface area contributed by atoms with Gasteiger partial charge in [0, 0.05) is 54.6 Å². The molecule has 1 aliphatic heterocycles. The van der Waals surface area contributed by atoms with Gasteiger partial charge in [-0.3, -0.25) is 19.7 Å². The van der Waals surface area contributed by atoms with Gasteiger partial charge in [0.2, 0.25) is 5.91 Å². The van der Waals surface area contributed by atoms with Crippen molar-refractivity contribution in [2.45, 2.75) is 31.7 Å². The predicted molar refractivity (Wildman–Crippen MR) is 120 cm³/mol. The number of anilines is 1. The van der Waals surface area contributed by atoms with Gasteiger partial charge in [-0.1, -0.05) is 12.1 Å². The number of fused-ring (bicyclic) bond motifs is 1. The molecular formula is C24H27N5O2. The molecule has 1 aliphatic carbocycles. The van der Waals surface area contributed by atoms with Crippen LogP contribution < -0.4 is 5.32 Å². The van der Waals surface area contributed by atoms with Crippen LogP contribution >= 0.6 is 0 Å². The van der Waals surface area contributed by atoms with Crippen LogP contribution in [0, 0.1) is 5.92 Å². The fraction of sp³-hybridized carbons (Fsp3) is 0.417. The van der Waals surface area contributed by atoms with E-state index in [4.69, 9.17) is 4.74 Å². The number of ether oxygens (including phenoxy) is 1. The Morgan fingerprint density at radius 1 is 0.968 bits per heavy atom. The summed E-state index contributed by atoms with van der Waals surface area (Å²) in [5, 5.41) is 5.09. The fourth-order valence-electron chi connectivity index (χ4n) is 4.69. The van der Waals surface area contributed by atoms with Crippen LogP contribution in [-0.2, 0) is 9.53 Å². The molecule has 0 atom stereocenters. The molecule has 1 saturated carbocycles. The van der Waals surface area contributed by atoms with Gasteiger partial charge in [-0.05, 0) is 43.2 Å². The normalized spacial score (nSPS) is 22.3. The molecule has 1 amide bonds. The number of nitrogens with zero attached hydrogens (tertiary/aromatic N) is 4. The summed E-state index contributed by atoms with van der Waals surface area (Å²) in [7, 11) is 0. The molecule has 2 aliphatic rings. The summed E-state index contributed by atoms with van der Waals surface area (Å²) in [5.41, 5.74) is 1.81. The minimum atomic E-state index is 0.0562. The average molecular weight is 418 g/mol. The number of carbonyl (C=O) groups excluding carboxylic acids is 1. The van der Waals surface area contributed by atoms with Gasteiger partial charge in [0.1, 0.15) is 5.82 Å². The van der Waals surface area contributed by atoms with Crippen LogP contribution in [-0.4, -0.2) is 58.1 Å². The van der Waals surface area contributed by atoms with Crippen molar-refractivity contribution < 1.29 is 9.53 Å². The molecule has 0 bridgehead atoms. The number of amides is 1. The first-order valence-electron chi connectivity index (χ1n) is 11.0. The Kier molecular flexibility index (Phi) is 5.86. The number of carbonyl (C=O) groups is 1. The Labute approximate surface area is 181 Å². The summed E-state index contributed by atoms with van der Waals surface area (Å²) in [4.78, 5) is 28.4. The molecule has 5 rings (SSSR count). The summed E-state index contributed by atoms with van der Waals surface area (Å²) in [5.74, 6) is 0.738. The molecule has 2 fully saturated rings. The topological polar surface area (TPSA) is 80.2 Å². The highest BCUT2D eigenvalue weighted by molar-refractivity contribution is 5.95. The van der Waals surface area contributed by atoms with E-state index >= 15 is 0 Å². The van der Waals surface area contributed by atoms with Crippen molar-refractivity contribution >= 4 is 22.5 Å². The van der Waals surface area contributed by atoms with Gasteiger partial charge in [-0.15, -0.1) is 0 Å². The molecule has 7 heteroatoms. The second-order valence-corrected chi connectivity index (χ2v) is 8.37. The first-order chi connectivity index (χ1) is 15.3. The molecule has 2 aromatic heterocycles. The molecule has 1 N–H and O–H groups in total. The van der Waals surface area contributed by atoms with Gasteiger partial charge >= 0.3 is 0 Å². The SMILES string of the molecule is O=C(Nc1cc2cc(-c3cnccn3)ccc2cn1)[C@H]1CC[C@H](N2CCOCC2)CC1. The number of benzene rings is 1. The van der Waals surface area contributed by atoms with Gasteiger partial charge in [0.15, 0.2) is 0 Å². The third kappa shape index (κ3) is 4.57. The van der Waals surface area contributed by atoms with Crippen molar-refractivity contribution in [3.8, 4) is 11.3 Å². The quantitative estimate of drug-likeness (QED) is 0.700. The zero-order chi connectivity index (χ0) is 21.0. The number of rotatable bonds is 4. The molecule has 1 saturated heterocycles. The minimum absolute atomic E-state index is 0.0562. The predicted octanol–water partition coefficient (Wildman–Crippen LogP) is 3.52. The largest absolute Gasteiger partial charge is 0.379 e. The molecule has 31 heavy (non-hydrogen) atoms. The van der Waals surface area contributed by atoms with E-state index in [1.807, 2.05) is 18.2 Å². The molecule has 160 valence electrons. The van der Waals surface area contributed by atoms with E-state index < -0.39 is 0 Å². The van der Waals surface area contributed by atoms with Crippen molar-refractivity contribution in [2.75, 3.05) is 31.6 Å². The molecule has 1 aromatic carbocycles. The van der Waals surface area contributed by atoms with E-state index in [2.05, 4.69) is 31.2 Å². The van der Waals surface area contributed by atoms with E-state index in [1.54, 1.807) is 24.8 Å². The zero-order valence-corrected chi connectivity index (χ0v) is 17.5. The molecule has 0 unspecified atom stereocenters. The standard InChI is InChI=1S/C24H27N5O2/c30-24(17-3-5-21(6-4-17)29-9-11-31-12-10-29)28-23-14-20-13-18(1-2-19(20)15-27-23)22-16-25-7-8-26-22/h1-2,7-8,13-17,21H,3-6,9-12H2,(H,27,28,30)/t17-,21-. The van der Waals surface area contributed by atoms with Crippen molar-refractivity contribution in [3.63, 3.8) is 0 Å². The second kappa shape index (κ2) is 9.08. The minimum Gasteiger partial charge on any atom is -0.379 e. The maximum absolute atomic E-state index is 12.9. The summed E-state index contributed by atoms with van der Waals surface area (Å²) in [6.07, 6.45) is 10.9. The molecule has 0 radical (unpaired) electrons. The Morgan fingerprint density at radius 3 is 2.58 bits per heavy atom. The highest BCUT2D eigenvalue weighted by atomic mass is 16.5. The Bertz CT molecular complexity index is 1040. The van der Waals surface area contributed by atoms with Crippen molar-refractivity contribution in [1.82, 2.24) is 19.9 Å². The van der Waals surface area contributed by atoms with Crippen LogP contribution in [0.3, 0.4) is 0 Å². The highest BCUT2D eigenvalue weighted by Crippen LogP contribution is 2.29. The van der Waals surface area contributed by atoms with E-state index in [9.17, 15) is 4.79 Å². The number of nitrogens with one attached hydrogen (secondary N) is 1. The molecule has 3 aromatic rings. The van der Waals surface area contributed by atoms with Crippen LogP contribution in [0.1, 0.15) is 25.7 Å². The van der Waals surface area contributed by atoms with Crippen LogP contribution in [0.15, 0.2) is 49.1 Å². The average Bonchev–Trinajstić information content (AvgIpc) is 2.85. The molecule has 0 spiro atoms. The van der Waals surface area contributed by atoms with E-state index in [-0.39, 0.29) is 11.8 Å². The summed E-state index contributed by atoms with van der Waals surface area (Å²) in [6, 6.07) is 8.62. The number of morpholine rings is 1. The van der Waals surface area contributed by atoms with Crippen LogP contribution in [0.25, 0.3) is 22.0 Å². The first kappa shape index (κ1) is 20.0. The van der Waals surface area contributed by atoms with Crippen LogP contribution in [0.2, 0.25) is 0 Å². The van der Waals surface area contributed by atoms with Gasteiger partial charge in [-0.25, -0.2) is 4.98 Å². The van der Waals surface area contributed by atoms with Gasteiger partial charge in [0.05, 0.1) is 25.1 Å². The summed E-state index contributed by atoms with van der Waals surface area (Å²) >= 11 is 0. The summed E-state index contributed by atoms with van der Waals surface area (Å²) < 4.78 is 5.46. The first-order valence-corrected chi connectivity index (χ1v) is 11.0. The maximum atomic E-state index is 12.9. The van der Waals surface area contributed by atoms with E-state index in [0.717, 1.165) is 74.0 Å². The number of hydrogen-bond acceptors (Lipinski definition) is 6. The Balaban J connectivity index is 1.24. The summed E-state index contributed by atoms with van der Waals surface area (Å²) in [6.45, 7) is 3.68. The highest BCUT2D eigenvalue weighted by Gasteiger charge is 2.30. The Hall–Kier alpha value is -2.90. The molecule has 7 nitrogen and oxygen atoms in total. The van der Waals surface area contributed by atoms with Crippen molar-refractivity contribution in [1.29, 1.82) is 0 Å². The van der Waals surface area contributed by atoms with Crippen LogP contribution in [0.5, 0.6) is 0 Å². The lowest BCUT2D eigenvalue weighted by Crippen LogP contribution is -2.45. The lowest BCUT2D eigenvalue weighted by molar-refractivity contribution is -0.121. The van der Waals surface area contributed by atoms with Gasteiger partial charge in [-0.2, -0.15) is 0 Å². The fourth-order valence-corrected chi connectivity index (χ4v) is 4.69. The van der Waals surface area contributed by atoms with Crippen molar-refractivity contribution in [2.24, 2.45) is 5.92 Å². The number of hydrogen-bond donors (Lipinski definition) is 1. The van der Waals surface area contributed by atoms with Crippen molar-refractivity contribution in [3.05, 3.63) is 49.1 Å². The van der Waals surface area contributed by atoms with Crippen LogP contribution in [0.4, 0.5) is 5.82 Å². The lowest BCUT2D eigenvalue weighted by Gasteiger charge is -2.38. The smallest absolute Gasteiger partial charge is 0.228 e. The third-order valence-corrected chi connectivity index (χ3v) is 6.46.